The van der Waals surface area contributed by atoms with Crippen LogP contribution in [0.15, 0.2) is 0 Å². The summed E-state index contributed by atoms with van der Waals surface area (Å²) in [5, 5.41) is 5.92. The normalized spacial score (nSPS) is 17.0. The largest absolute Gasteiger partial charge is 0.349 e. The SMILES string of the molecule is CC(C)CCNC(=O)c1nc(C(=O)NC2CC2)c2n1CCCC2. The maximum absolute atomic E-state index is 12.4. The maximum Gasteiger partial charge on any atom is 0.287 e. The van der Waals surface area contributed by atoms with Crippen LogP contribution >= 0.6 is 0 Å². The van der Waals surface area contributed by atoms with E-state index in [1.54, 1.807) is 0 Å². The van der Waals surface area contributed by atoms with E-state index in [1.165, 1.54) is 0 Å². The van der Waals surface area contributed by atoms with Crippen molar-refractivity contribution in [3.8, 4) is 0 Å². The summed E-state index contributed by atoms with van der Waals surface area (Å²) < 4.78 is 1.94. The van der Waals surface area contributed by atoms with E-state index in [-0.39, 0.29) is 11.8 Å². The topological polar surface area (TPSA) is 76.0 Å². The third kappa shape index (κ3) is 3.74. The minimum Gasteiger partial charge on any atom is -0.349 e. The molecule has 2 amide bonds. The summed E-state index contributed by atoms with van der Waals surface area (Å²) in [7, 11) is 0. The lowest BCUT2D eigenvalue weighted by Gasteiger charge is -2.17. The van der Waals surface area contributed by atoms with Crippen molar-refractivity contribution in [2.24, 2.45) is 5.92 Å². The van der Waals surface area contributed by atoms with Gasteiger partial charge in [0.1, 0.15) is 5.69 Å². The van der Waals surface area contributed by atoms with E-state index in [0.29, 0.717) is 30.0 Å². The Morgan fingerprint density at radius 3 is 2.74 bits per heavy atom. The molecule has 1 aromatic heterocycles. The lowest BCUT2D eigenvalue weighted by molar-refractivity contribution is 0.0936. The zero-order valence-corrected chi connectivity index (χ0v) is 14.0. The standard InChI is InChI=1S/C17H26N4O2/c1-11(2)8-9-18-17(23)15-20-14(16(22)19-12-6-7-12)13-5-3-4-10-21(13)15/h11-12H,3-10H2,1-2H3,(H,18,23)(H,19,22). The van der Waals surface area contributed by atoms with Crippen molar-refractivity contribution in [3.05, 3.63) is 17.2 Å². The van der Waals surface area contributed by atoms with Crippen molar-refractivity contribution in [2.45, 2.75) is 65.0 Å². The van der Waals surface area contributed by atoms with Crippen LogP contribution in [0.25, 0.3) is 0 Å². The number of carbonyl (C=O) groups excluding carboxylic acids is 2. The molecule has 126 valence electrons. The molecule has 0 aromatic carbocycles. The molecule has 1 aromatic rings. The van der Waals surface area contributed by atoms with Crippen molar-refractivity contribution in [2.75, 3.05) is 6.54 Å². The van der Waals surface area contributed by atoms with Crippen LogP contribution in [0, 0.1) is 5.92 Å². The summed E-state index contributed by atoms with van der Waals surface area (Å²) in [5.41, 5.74) is 1.37. The highest BCUT2D eigenvalue weighted by Crippen LogP contribution is 2.23. The molecule has 6 heteroatoms. The molecule has 6 nitrogen and oxygen atoms in total. The first-order chi connectivity index (χ1) is 11.1. The second kappa shape index (κ2) is 6.72. The van der Waals surface area contributed by atoms with E-state index in [2.05, 4.69) is 29.5 Å². The van der Waals surface area contributed by atoms with Gasteiger partial charge in [-0.3, -0.25) is 9.59 Å². The van der Waals surface area contributed by atoms with Crippen LogP contribution in [0.1, 0.15) is 72.8 Å². The van der Waals surface area contributed by atoms with Crippen molar-refractivity contribution in [1.29, 1.82) is 0 Å². The Balaban J connectivity index is 1.77. The van der Waals surface area contributed by atoms with E-state index in [0.717, 1.165) is 50.8 Å². The quantitative estimate of drug-likeness (QED) is 0.841. The Hall–Kier alpha value is -1.85. The van der Waals surface area contributed by atoms with E-state index in [1.807, 2.05) is 4.57 Å². The maximum atomic E-state index is 12.4. The highest BCUT2D eigenvalue weighted by molar-refractivity contribution is 5.97. The van der Waals surface area contributed by atoms with Crippen LogP contribution in [-0.4, -0.2) is 34.0 Å². The number of aromatic nitrogens is 2. The van der Waals surface area contributed by atoms with Crippen LogP contribution in [0.2, 0.25) is 0 Å². The van der Waals surface area contributed by atoms with Gasteiger partial charge in [-0.15, -0.1) is 0 Å². The Morgan fingerprint density at radius 2 is 2.04 bits per heavy atom. The predicted octanol–water partition coefficient (Wildman–Crippen LogP) is 1.89. The van der Waals surface area contributed by atoms with Crippen LogP contribution in [0.4, 0.5) is 0 Å². The fourth-order valence-corrected chi connectivity index (χ4v) is 2.93. The van der Waals surface area contributed by atoms with Crippen LogP contribution < -0.4 is 10.6 Å². The van der Waals surface area contributed by atoms with Gasteiger partial charge in [-0.2, -0.15) is 0 Å². The second-order valence-corrected chi connectivity index (χ2v) is 7.03. The van der Waals surface area contributed by atoms with E-state index in [4.69, 9.17) is 0 Å². The Morgan fingerprint density at radius 1 is 1.26 bits per heavy atom. The molecule has 2 N–H and O–H groups in total. The summed E-state index contributed by atoms with van der Waals surface area (Å²) in [6, 6.07) is 0.298. The summed E-state index contributed by atoms with van der Waals surface area (Å²) in [5.74, 6) is 0.646. The van der Waals surface area contributed by atoms with Gasteiger partial charge in [0.2, 0.25) is 0 Å². The highest BCUT2D eigenvalue weighted by atomic mass is 16.2. The molecule has 3 rings (SSSR count). The van der Waals surface area contributed by atoms with Crippen LogP contribution in [0.5, 0.6) is 0 Å². The molecular weight excluding hydrogens is 292 g/mol. The molecule has 1 aliphatic carbocycles. The molecule has 0 atom stereocenters. The number of hydrogen-bond acceptors (Lipinski definition) is 3. The minimum atomic E-state index is -0.167. The van der Waals surface area contributed by atoms with E-state index < -0.39 is 0 Å². The molecular formula is C17H26N4O2. The summed E-state index contributed by atoms with van der Waals surface area (Å²) in [4.78, 5) is 29.2. The van der Waals surface area contributed by atoms with Gasteiger partial charge in [0.25, 0.3) is 11.8 Å². The van der Waals surface area contributed by atoms with Crippen molar-refractivity contribution in [1.82, 2.24) is 20.2 Å². The number of imidazole rings is 1. The molecule has 1 aliphatic heterocycles. The number of carbonyl (C=O) groups is 2. The fraction of sp³-hybridized carbons (Fsp3) is 0.706. The zero-order valence-electron chi connectivity index (χ0n) is 14.0. The molecule has 0 saturated heterocycles. The highest BCUT2D eigenvalue weighted by Gasteiger charge is 2.30. The molecule has 2 aliphatic rings. The Bertz CT molecular complexity index is 602. The number of rotatable bonds is 6. The molecule has 1 saturated carbocycles. The molecule has 2 heterocycles. The molecule has 0 spiro atoms. The number of nitrogens with one attached hydrogen (secondary N) is 2. The van der Waals surface area contributed by atoms with Gasteiger partial charge in [-0.1, -0.05) is 13.8 Å². The third-order valence-electron chi connectivity index (χ3n) is 4.46. The van der Waals surface area contributed by atoms with Gasteiger partial charge in [0.15, 0.2) is 5.82 Å². The number of fused-ring (bicyclic) bond motifs is 1. The van der Waals surface area contributed by atoms with Gasteiger partial charge in [0, 0.05) is 19.1 Å². The molecule has 23 heavy (non-hydrogen) atoms. The number of nitrogens with zero attached hydrogens (tertiary/aromatic N) is 2. The van der Waals surface area contributed by atoms with E-state index >= 15 is 0 Å². The van der Waals surface area contributed by atoms with Gasteiger partial charge in [0.05, 0.1) is 5.69 Å². The molecule has 0 radical (unpaired) electrons. The lowest BCUT2D eigenvalue weighted by Crippen LogP contribution is -2.29. The van der Waals surface area contributed by atoms with E-state index in [9.17, 15) is 9.59 Å². The van der Waals surface area contributed by atoms with Gasteiger partial charge < -0.3 is 15.2 Å². The number of hydrogen-bond donors (Lipinski definition) is 2. The number of amides is 2. The minimum absolute atomic E-state index is 0.126. The third-order valence-corrected chi connectivity index (χ3v) is 4.46. The van der Waals surface area contributed by atoms with Gasteiger partial charge in [-0.05, 0) is 44.4 Å². The molecule has 0 unspecified atom stereocenters. The summed E-state index contributed by atoms with van der Waals surface area (Å²) in [6.07, 6.45) is 5.92. The molecule has 0 bridgehead atoms. The Kier molecular flexibility index (Phi) is 4.68. The molecule has 1 fully saturated rings. The van der Waals surface area contributed by atoms with Crippen LogP contribution in [0.3, 0.4) is 0 Å². The first-order valence-electron chi connectivity index (χ1n) is 8.74. The summed E-state index contributed by atoms with van der Waals surface area (Å²) in [6.45, 7) is 5.67. The average molecular weight is 318 g/mol. The van der Waals surface area contributed by atoms with Crippen molar-refractivity contribution in [3.63, 3.8) is 0 Å². The Labute approximate surface area is 137 Å². The van der Waals surface area contributed by atoms with Crippen molar-refractivity contribution < 1.29 is 9.59 Å². The summed E-state index contributed by atoms with van der Waals surface area (Å²) >= 11 is 0. The first kappa shape index (κ1) is 16.0. The zero-order chi connectivity index (χ0) is 16.4. The predicted molar refractivity (Wildman–Crippen MR) is 87.4 cm³/mol. The van der Waals surface area contributed by atoms with Gasteiger partial charge >= 0.3 is 0 Å². The van der Waals surface area contributed by atoms with Gasteiger partial charge in [-0.25, -0.2) is 4.98 Å². The monoisotopic (exact) mass is 318 g/mol. The first-order valence-corrected chi connectivity index (χ1v) is 8.74. The fourth-order valence-electron chi connectivity index (χ4n) is 2.93. The van der Waals surface area contributed by atoms with Crippen LogP contribution in [-0.2, 0) is 13.0 Å². The smallest absolute Gasteiger partial charge is 0.287 e. The van der Waals surface area contributed by atoms with Crippen molar-refractivity contribution >= 4 is 11.8 Å². The second-order valence-electron chi connectivity index (χ2n) is 7.03. The lowest BCUT2D eigenvalue weighted by atomic mass is 10.1. The average Bonchev–Trinajstić information content (AvgIpc) is 3.24.